The number of hydrogen-bond acceptors (Lipinski definition) is 1. The molecule has 0 fully saturated rings. The lowest BCUT2D eigenvalue weighted by molar-refractivity contribution is 0.585. The maximum atomic E-state index is 4.53. The third-order valence-corrected chi connectivity index (χ3v) is 2.77. The highest BCUT2D eigenvalue weighted by molar-refractivity contribution is 5.83. The van der Waals surface area contributed by atoms with Crippen molar-refractivity contribution in [2.24, 2.45) is 0 Å². The summed E-state index contributed by atoms with van der Waals surface area (Å²) in [5.74, 6) is 0. The maximum Gasteiger partial charge on any atom is 0.0643 e. The van der Waals surface area contributed by atoms with E-state index in [2.05, 4.69) is 43.7 Å². The van der Waals surface area contributed by atoms with Gasteiger partial charge in [0.15, 0.2) is 0 Å². The number of aromatic amines is 1. The van der Waals surface area contributed by atoms with Gasteiger partial charge in [-0.15, -0.1) is 0 Å². The second kappa shape index (κ2) is 3.37. The number of aryl methyl sites for hydroxylation is 1. The molecule has 2 rings (SSSR count). The zero-order valence-electron chi connectivity index (χ0n) is 9.89. The Morgan fingerprint density at radius 1 is 1.33 bits per heavy atom. The number of aromatic nitrogens is 2. The number of fused-ring (bicyclic) bond motifs is 1. The molecule has 0 atom stereocenters. The van der Waals surface area contributed by atoms with E-state index in [1.807, 2.05) is 12.4 Å². The molecule has 0 aliphatic carbocycles. The van der Waals surface area contributed by atoms with Crippen molar-refractivity contribution >= 4 is 10.9 Å². The van der Waals surface area contributed by atoms with Crippen LogP contribution in [0.25, 0.3) is 10.9 Å². The van der Waals surface area contributed by atoms with Crippen LogP contribution in [0.3, 0.4) is 0 Å². The molecular formula is C13H18N2. The second-order valence-corrected chi connectivity index (χ2v) is 4.99. The minimum absolute atomic E-state index is 0.153. The van der Waals surface area contributed by atoms with Crippen LogP contribution in [0.5, 0.6) is 0 Å². The van der Waals surface area contributed by atoms with Gasteiger partial charge in [-0.3, -0.25) is 4.98 Å². The van der Waals surface area contributed by atoms with Gasteiger partial charge in [0.2, 0.25) is 0 Å². The largest absolute Gasteiger partial charge is 0.360 e. The summed E-state index contributed by atoms with van der Waals surface area (Å²) >= 11 is 0. The first-order valence-electron chi connectivity index (χ1n) is 5.49. The van der Waals surface area contributed by atoms with Gasteiger partial charge in [-0.25, -0.2) is 0 Å². The van der Waals surface area contributed by atoms with Crippen molar-refractivity contribution in [3.05, 3.63) is 29.7 Å². The van der Waals surface area contributed by atoms with Crippen molar-refractivity contribution < 1.29 is 0 Å². The van der Waals surface area contributed by atoms with E-state index in [9.17, 15) is 0 Å². The van der Waals surface area contributed by atoms with Gasteiger partial charge in [-0.05, 0) is 23.5 Å². The van der Waals surface area contributed by atoms with E-state index in [0.29, 0.717) is 0 Å². The molecule has 15 heavy (non-hydrogen) atoms. The lowest BCUT2D eigenvalue weighted by Crippen LogP contribution is -2.15. The summed E-state index contributed by atoms with van der Waals surface area (Å²) in [5, 5.41) is 1.31. The van der Waals surface area contributed by atoms with Crippen LogP contribution in [0.2, 0.25) is 0 Å². The molecule has 0 unspecified atom stereocenters. The molecule has 0 spiro atoms. The summed E-state index contributed by atoms with van der Waals surface area (Å²) in [4.78, 5) is 7.75. The number of nitrogens with zero attached hydrogens (tertiary/aromatic N) is 1. The molecule has 2 aromatic heterocycles. The molecular weight excluding hydrogens is 184 g/mol. The summed E-state index contributed by atoms with van der Waals surface area (Å²) in [7, 11) is 0. The summed E-state index contributed by atoms with van der Waals surface area (Å²) in [6.07, 6.45) is 4.91. The quantitative estimate of drug-likeness (QED) is 0.754. The van der Waals surface area contributed by atoms with Crippen LogP contribution in [0.15, 0.2) is 18.5 Å². The van der Waals surface area contributed by atoms with Crippen LogP contribution in [-0.2, 0) is 11.8 Å². The van der Waals surface area contributed by atoms with E-state index in [1.54, 1.807) is 0 Å². The molecule has 0 saturated carbocycles. The Kier molecular flexibility index (Phi) is 2.29. The molecule has 0 radical (unpaired) electrons. The zero-order chi connectivity index (χ0) is 11.1. The van der Waals surface area contributed by atoms with Gasteiger partial charge < -0.3 is 4.98 Å². The van der Waals surface area contributed by atoms with Gasteiger partial charge in [0.1, 0.15) is 0 Å². The lowest BCUT2D eigenvalue weighted by Gasteiger charge is -2.22. The van der Waals surface area contributed by atoms with Crippen LogP contribution in [0, 0.1) is 0 Å². The van der Waals surface area contributed by atoms with E-state index in [1.165, 1.54) is 16.6 Å². The van der Waals surface area contributed by atoms with Crippen molar-refractivity contribution in [2.75, 3.05) is 0 Å². The normalized spacial score (nSPS) is 12.3. The van der Waals surface area contributed by atoms with Crippen molar-refractivity contribution in [2.45, 2.75) is 39.5 Å². The predicted molar refractivity (Wildman–Crippen MR) is 64.2 cm³/mol. The number of hydrogen-bond donors (Lipinski definition) is 1. The van der Waals surface area contributed by atoms with Gasteiger partial charge >= 0.3 is 0 Å². The fourth-order valence-corrected chi connectivity index (χ4v) is 2.17. The van der Waals surface area contributed by atoms with E-state index in [-0.39, 0.29) is 5.41 Å². The number of rotatable bonds is 1. The summed E-state index contributed by atoms with van der Waals surface area (Å²) < 4.78 is 0. The molecule has 0 aliphatic heterocycles. The van der Waals surface area contributed by atoms with Gasteiger partial charge in [0.05, 0.1) is 11.7 Å². The number of nitrogens with one attached hydrogen (secondary N) is 1. The molecule has 2 heteroatoms. The Balaban J connectivity index is 2.80. The van der Waals surface area contributed by atoms with Crippen molar-refractivity contribution in [1.82, 2.24) is 9.97 Å². The van der Waals surface area contributed by atoms with E-state index < -0.39 is 0 Å². The fraction of sp³-hybridized carbons (Fsp3) is 0.462. The van der Waals surface area contributed by atoms with E-state index >= 15 is 0 Å². The van der Waals surface area contributed by atoms with Crippen molar-refractivity contribution in [3.8, 4) is 0 Å². The average Bonchev–Trinajstić information content (AvgIpc) is 2.61. The number of pyridine rings is 1. The van der Waals surface area contributed by atoms with Gasteiger partial charge in [0.25, 0.3) is 0 Å². The lowest BCUT2D eigenvalue weighted by atomic mass is 9.83. The van der Waals surface area contributed by atoms with Crippen molar-refractivity contribution in [1.29, 1.82) is 0 Å². The second-order valence-electron chi connectivity index (χ2n) is 4.99. The molecule has 0 saturated heterocycles. The van der Waals surface area contributed by atoms with Crippen LogP contribution in [-0.4, -0.2) is 9.97 Å². The minimum Gasteiger partial charge on any atom is -0.360 e. The average molecular weight is 202 g/mol. The molecule has 80 valence electrons. The summed E-state index contributed by atoms with van der Waals surface area (Å²) in [5.41, 5.74) is 3.88. The van der Waals surface area contributed by atoms with Gasteiger partial charge in [-0.1, -0.05) is 27.7 Å². The molecule has 0 bridgehead atoms. The fourth-order valence-electron chi connectivity index (χ4n) is 2.17. The van der Waals surface area contributed by atoms with Crippen molar-refractivity contribution in [3.63, 3.8) is 0 Å². The van der Waals surface area contributed by atoms with Crippen LogP contribution >= 0.6 is 0 Å². The standard InChI is InChI=1S/C13H18N2/c1-5-10-12(13(2,3)4)9-6-7-14-11(9)8-15-10/h6-8,14H,5H2,1-4H3. The molecule has 0 aromatic carbocycles. The third kappa shape index (κ3) is 1.65. The number of H-pyrrole nitrogens is 1. The Labute approximate surface area is 90.7 Å². The van der Waals surface area contributed by atoms with E-state index in [0.717, 1.165) is 11.9 Å². The van der Waals surface area contributed by atoms with Gasteiger partial charge in [-0.2, -0.15) is 0 Å². The summed E-state index contributed by atoms with van der Waals surface area (Å²) in [6.45, 7) is 8.90. The SMILES string of the molecule is CCc1ncc2[nH]ccc2c1C(C)(C)C. The first-order valence-corrected chi connectivity index (χ1v) is 5.49. The first kappa shape index (κ1) is 10.2. The van der Waals surface area contributed by atoms with Crippen LogP contribution in [0.1, 0.15) is 39.0 Å². The Morgan fingerprint density at radius 3 is 2.67 bits per heavy atom. The Morgan fingerprint density at radius 2 is 2.07 bits per heavy atom. The molecule has 0 aliphatic rings. The summed E-state index contributed by atoms with van der Waals surface area (Å²) in [6, 6.07) is 2.15. The van der Waals surface area contributed by atoms with E-state index in [4.69, 9.17) is 0 Å². The predicted octanol–water partition coefficient (Wildman–Crippen LogP) is 3.42. The molecule has 2 aromatic rings. The zero-order valence-corrected chi connectivity index (χ0v) is 9.89. The minimum atomic E-state index is 0.153. The molecule has 1 N–H and O–H groups in total. The highest BCUT2D eigenvalue weighted by atomic mass is 14.7. The van der Waals surface area contributed by atoms with Gasteiger partial charge in [0, 0.05) is 17.3 Å². The molecule has 0 amide bonds. The third-order valence-electron chi connectivity index (χ3n) is 2.77. The Hall–Kier alpha value is -1.31. The smallest absolute Gasteiger partial charge is 0.0643 e. The Bertz CT molecular complexity index is 475. The van der Waals surface area contributed by atoms with Crippen LogP contribution in [0.4, 0.5) is 0 Å². The highest BCUT2D eigenvalue weighted by Gasteiger charge is 2.21. The molecule has 2 heterocycles. The topological polar surface area (TPSA) is 28.7 Å². The monoisotopic (exact) mass is 202 g/mol. The molecule has 2 nitrogen and oxygen atoms in total. The maximum absolute atomic E-state index is 4.53. The highest BCUT2D eigenvalue weighted by Crippen LogP contribution is 2.31. The first-order chi connectivity index (χ1) is 7.04. The van der Waals surface area contributed by atoms with Crippen LogP contribution < -0.4 is 0 Å².